The molecular formula is C24H28N4O3. The first kappa shape index (κ1) is 21.0. The Balaban J connectivity index is 1.82. The Kier molecular flexibility index (Phi) is 5.76. The first-order valence-corrected chi connectivity index (χ1v) is 10.8. The maximum Gasteiger partial charge on any atom is 0.331 e. The van der Waals surface area contributed by atoms with Crippen LogP contribution in [0.25, 0.3) is 22.3 Å². The molecule has 162 valence electrons. The normalized spacial score (nSPS) is 15.7. The topological polar surface area (TPSA) is 86.1 Å². The van der Waals surface area contributed by atoms with Gasteiger partial charge in [0.15, 0.2) is 5.65 Å². The van der Waals surface area contributed by atoms with Gasteiger partial charge in [-0.15, -0.1) is 0 Å². The molecule has 1 saturated carbocycles. The summed E-state index contributed by atoms with van der Waals surface area (Å²) in [6, 6.07) is 11.6. The fourth-order valence-corrected chi connectivity index (χ4v) is 4.36. The zero-order chi connectivity index (χ0) is 22.0. The highest BCUT2D eigenvalue weighted by Crippen LogP contribution is 2.31. The van der Waals surface area contributed by atoms with Gasteiger partial charge < -0.3 is 10.1 Å². The molecule has 0 aliphatic heterocycles. The van der Waals surface area contributed by atoms with Crippen molar-refractivity contribution in [1.82, 2.24) is 20.1 Å². The van der Waals surface area contributed by atoms with E-state index in [0.29, 0.717) is 35.1 Å². The third-order valence-electron chi connectivity index (χ3n) is 6.01. The lowest BCUT2D eigenvalue weighted by molar-refractivity contribution is -0.149. The van der Waals surface area contributed by atoms with Gasteiger partial charge in [0.05, 0.1) is 30.0 Å². The second-order valence-corrected chi connectivity index (χ2v) is 8.43. The van der Waals surface area contributed by atoms with Gasteiger partial charge in [0.2, 0.25) is 0 Å². The van der Waals surface area contributed by atoms with Crippen molar-refractivity contribution in [2.75, 3.05) is 7.11 Å². The van der Waals surface area contributed by atoms with Gasteiger partial charge >= 0.3 is 5.97 Å². The first-order chi connectivity index (χ1) is 14.9. The van der Waals surface area contributed by atoms with Crippen LogP contribution in [0, 0.1) is 0 Å². The number of hydrogen-bond donors (Lipinski definition) is 1. The molecular weight excluding hydrogens is 392 g/mol. The zero-order valence-electron chi connectivity index (χ0n) is 18.2. The zero-order valence-corrected chi connectivity index (χ0v) is 18.2. The number of pyridine rings is 1. The summed E-state index contributed by atoms with van der Waals surface area (Å²) in [5.74, 6) is -0.688. The average Bonchev–Trinajstić information content (AvgIpc) is 3.23. The van der Waals surface area contributed by atoms with Crippen LogP contribution in [-0.4, -0.2) is 39.3 Å². The van der Waals surface area contributed by atoms with Crippen molar-refractivity contribution < 1.29 is 14.3 Å². The van der Waals surface area contributed by atoms with Crippen LogP contribution >= 0.6 is 0 Å². The summed E-state index contributed by atoms with van der Waals surface area (Å²) in [5.41, 5.74) is 1.73. The van der Waals surface area contributed by atoms with Gasteiger partial charge in [0.25, 0.3) is 5.91 Å². The predicted molar refractivity (Wildman–Crippen MR) is 119 cm³/mol. The standard InChI is InChI=1S/C24H28N4O3/c1-16(2)28-21-19(15-25-28)18(14-20(26-21)17-10-6-4-7-11-17)22(29)27-24(23(30)31-3)12-8-5-9-13-24/h4,6-7,10-11,14-16H,5,8-9,12-13H2,1-3H3,(H,27,29). The van der Waals surface area contributed by atoms with Crippen molar-refractivity contribution in [2.45, 2.75) is 57.5 Å². The highest BCUT2D eigenvalue weighted by atomic mass is 16.5. The number of rotatable bonds is 5. The van der Waals surface area contributed by atoms with Crippen LogP contribution in [-0.2, 0) is 9.53 Å². The molecule has 0 atom stereocenters. The lowest BCUT2D eigenvalue weighted by Gasteiger charge is -2.35. The van der Waals surface area contributed by atoms with E-state index in [9.17, 15) is 9.59 Å². The SMILES string of the molecule is COC(=O)C1(NC(=O)c2cc(-c3ccccc3)nc3c2cnn3C(C)C)CCCCC1. The first-order valence-electron chi connectivity index (χ1n) is 10.8. The van der Waals surface area contributed by atoms with E-state index in [-0.39, 0.29) is 17.9 Å². The molecule has 1 aliphatic carbocycles. The molecule has 7 heteroatoms. The monoisotopic (exact) mass is 420 g/mol. The smallest absolute Gasteiger partial charge is 0.331 e. The molecule has 0 saturated heterocycles. The van der Waals surface area contributed by atoms with Crippen molar-refractivity contribution >= 4 is 22.9 Å². The molecule has 31 heavy (non-hydrogen) atoms. The molecule has 1 aromatic carbocycles. The molecule has 1 fully saturated rings. The van der Waals surface area contributed by atoms with E-state index < -0.39 is 5.54 Å². The Hall–Kier alpha value is -3.22. The van der Waals surface area contributed by atoms with Gasteiger partial charge in [0.1, 0.15) is 5.54 Å². The molecule has 1 N–H and O–H groups in total. The van der Waals surface area contributed by atoms with Crippen LogP contribution in [0.3, 0.4) is 0 Å². The lowest BCUT2D eigenvalue weighted by atomic mass is 9.81. The molecule has 0 bridgehead atoms. The number of methoxy groups -OCH3 is 1. The van der Waals surface area contributed by atoms with E-state index >= 15 is 0 Å². The van der Waals surface area contributed by atoms with E-state index in [4.69, 9.17) is 9.72 Å². The highest BCUT2D eigenvalue weighted by Gasteiger charge is 2.42. The number of carbonyl (C=O) groups is 2. The van der Waals surface area contributed by atoms with E-state index in [2.05, 4.69) is 10.4 Å². The molecule has 1 aliphatic rings. The molecule has 4 rings (SSSR count). The number of esters is 1. The summed E-state index contributed by atoms with van der Waals surface area (Å²) >= 11 is 0. The summed E-state index contributed by atoms with van der Waals surface area (Å²) in [6.45, 7) is 4.05. The molecule has 3 aromatic rings. The largest absolute Gasteiger partial charge is 0.467 e. The number of nitrogens with one attached hydrogen (secondary N) is 1. The number of benzene rings is 1. The van der Waals surface area contributed by atoms with Crippen molar-refractivity contribution in [1.29, 1.82) is 0 Å². The summed E-state index contributed by atoms with van der Waals surface area (Å²) < 4.78 is 6.88. The Bertz CT molecular complexity index is 1100. The minimum absolute atomic E-state index is 0.0895. The average molecular weight is 421 g/mol. The highest BCUT2D eigenvalue weighted by molar-refractivity contribution is 6.08. The van der Waals surface area contributed by atoms with E-state index in [0.717, 1.165) is 24.8 Å². The fraction of sp³-hybridized carbons (Fsp3) is 0.417. The maximum atomic E-state index is 13.5. The molecule has 1 amide bonds. The molecule has 0 radical (unpaired) electrons. The van der Waals surface area contributed by atoms with E-state index in [1.54, 1.807) is 12.3 Å². The Morgan fingerprint density at radius 1 is 1.13 bits per heavy atom. The Morgan fingerprint density at radius 2 is 1.84 bits per heavy atom. The number of ether oxygens (including phenoxy) is 1. The number of aromatic nitrogens is 3. The van der Waals surface area contributed by atoms with Crippen LogP contribution in [0.4, 0.5) is 0 Å². The van der Waals surface area contributed by atoms with Crippen LogP contribution in [0.5, 0.6) is 0 Å². The Labute approximate surface area is 181 Å². The van der Waals surface area contributed by atoms with Crippen LogP contribution in [0.1, 0.15) is 62.4 Å². The van der Waals surface area contributed by atoms with Gasteiger partial charge in [-0.2, -0.15) is 5.10 Å². The maximum absolute atomic E-state index is 13.5. The van der Waals surface area contributed by atoms with Gasteiger partial charge in [-0.1, -0.05) is 49.6 Å². The molecule has 0 spiro atoms. The van der Waals surface area contributed by atoms with Crippen molar-refractivity contribution in [3.8, 4) is 11.3 Å². The van der Waals surface area contributed by atoms with E-state index in [1.807, 2.05) is 48.9 Å². The molecule has 7 nitrogen and oxygen atoms in total. The minimum Gasteiger partial charge on any atom is -0.467 e. The number of hydrogen-bond acceptors (Lipinski definition) is 5. The Morgan fingerprint density at radius 3 is 2.48 bits per heavy atom. The number of carbonyl (C=O) groups excluding carboxylic acids is 2. The van der Waals surface area contributed by atoms with Crippen molar-refractivity contribution in [2.24, 2.45) is 0 Å². The quantitative estimate of drug-likeness (QED) is 0.623. The predicted octanol–water partition coefficient (Wildman–Crippen LogP) is 4.28. The molecule has 2 aromatic heterocycles. The van der Waals surface area contributed by atoms with Gasteiger partial charge in [-0.25, -0.2) is 14.5 Å². The third kappa shape index (κ3) is 3.92. The van der Waals surface area contributed by atoms with Gasteiger partial charge in [-0.05, 0) is 32.8 Å². The van der Waals surface area contributed by atoms with E-state index in [1.165, 1.54) is 7.11 Å². The summed E-state index contributed by atoms with van der Waals surface area (Å²) in [7, 11) is 1.37. The third-order valence-corrected chi connectivity index (χ3v) is 6.01. The number of fused-ring (bicyclic) bond motifs is 1. The number of amides is 1. The van der Waals surface area contributed by atoms with Crippen molar-refractivity contribution in [3.05, 3.63) is 48.2 Å². The van der Waals surface area contributed by atoms with Crippen LogP contribution in [0.2, 0.25) is 0 Å². The summed E-state index contributed by atoms with van der Waals surface area (Å²) in [4.78, 5) is 31.0. The van der Waals surface area contributed by atoms with Crippen LogP contribution < -0.4 is 5.32 Å². The fourth-order valence-electron chi connectivity index (χ4n) is 4.36. The molecule has 2 heterocycles. The minimum atomic E-state index is -0.985. The second kappa shape index (κ2) is 8.49. The van der Waals surface area contributed by atoms with Gasteiger partial charge in [0, 0.05) is 11.6 Å². The number of nitrogens with zero attached hydrogens (tertiary/aromatic N) is 3. The molecule has 0 unspecified atom stereocenters. The van der Waals surface area contributed by atoms with Crippen molar-refractivity contribution in [3.63, 3.8) is 0 Å². The second-order valence-electron chi connectivity index (χ2n) is 8.43. The summed E-state index contributed by atoms with van der Waals surface area (Å²) in [5, 5.41) is 8.17. The van der Waals surface area contributed by atoms with Crippen LogP contribution in [0.15, 0.2) is 42.6 Å². The lowest BCUT2D eigenvalue weighted by Crippen LogP contribution is -2.56. The summed E-state index contributed by atoms with van der Waals surface area (Å²) in [6.07, 6.45) is 5.64. The van der Waals surface area contributed by atoms with Gasteiger partial charge in [-0.3, -0.25) is 4.79 Å².